The molecule has 0 aromatic heterocycles. The molecule has 0 fully saturated rings. The van der Waals surface area contributed by atoms with E-state index in [4.69, 9.17) is 4.74 Å². The van der Waals surface area contributed by atoms with Crippen molar-refractivity contribution in [2.24, 2.45) is 0 Å². The predicted molar refractivity (Wildman–Crippen MR) is 94.3 cm³/mol. The Morgan fingerprint density at radius 2 is 1.54 bits per heavy atom. The van der Waals surface area contributed by atoms with E-state index in [9.17, 15) is 9.59 Å². The van der Waals surface area contributed by atoms with E-state index in [-0.39, 0.29) is 11.9 Å². The second-order valence-electron chi connectivity index (χ2n) is 5.31. The molecule has 0 atom stereocenters. The summed E-state index contributed by atoms with van der Waals surface area (Å²) in [7, 11) is 0. The molecule has 3 aromatic carbocycles. The summed E-state index contributed by atoms with van der Waals surface area (Å²) in [4.78, 5) is 24.0. The van der Waals surface area contributed by atoms with Gasteiger partial charge in [-0.05, 0) is 54.1 Å². The van der Waals surface area contributed by atoms with Crippen molar-refractivity contribution in [1.82, 2.24) is 0 Å². The van der Waals surface area contributed by atoms with E-state index in [1.54, 1.807) is 37.3 Å². The van der Waals surface area contributed by atoms with Crippen molar-refractivity contribution in [2.45, 2.75) is 6.92 Å². The third-order valence-electron chi connectivity index (χ3n) is 3.67. The van der Waals surface area contributed by atoms with Crippen molar-refractivity contribution >= 4 is 28.3 Å². The maximum Gasteiger partial charge on any atom is 0.338 e. The van der Waals surface area contributed by atoms with Gasteiger partial charge in [-0.3, -0.25) is 4.79 Å². The lowest BCUT2D eigenvalue weighted by molar-refractivity contribution is 0.0526. The summed E-state index contributed by atoms with van der Waals surface area (Å²) in [6.45, 7) is 2.09. The van der Waals surface area contributed by atoms with Crippen LogP contribution in [-0.2, 0) is 4.74 Å². The summed E-state index contributed by atoms with van der Waals surface area (Å²) in [5.74, 6) is -0.561. The zero-order valence-electron chi connectivity index (χ0n) is 13.3. The molecule has 4 nitrogen and oxygen atoms in total. The highest BCUT2D eigenvalue weighted by atomic mass is 16.5. The average Bonchev–Trinajstić information content (AvgIpc) is 2.62. The molecular formula is C20H17NO3. The van der Waals surface area contributed by atoms with E-state index in [1.807, 2.05) is 36.4 Å². The Morgan fingerprint density at radius 1 is 0.875 bits per heavy atom. The smallest absolute Gasteiger partial charge is 0.338 e. The van der Waals surface area contributed by atoms with E-state index in [1.165, 1.54) is 0 Å². The van der Waals surface area contributed by atoms with Crippen LogP contribution >= 0.6 is 0 Å². The topological polar surface area (TPSA) is 55.4 Å². The number of nitrogens with one attached hydrogen (secondary N) is 1. The molecule has 1 amide bonds. The Morgan fingerprint density at radius 3 is 2.25 bits per heavy atom. The van der Waals surface area contributed by atoms with Gasteiger partial charge in [0, 0.05) is 11.3 Å². The van der Waals surface area contributed by atoms with Crippen LogP contribution in [0.2, 0.25) is 0 Å². The van der Waals surface area contributed by atoms with Crippen molar-refractivity contribution in [3.05, 3.63) is 77.9 Å². The van der Waals surface area contributed by atoms with E-state index in [0.29, 0.717) is 23.4 Å². The van der Waals surface area contributed by atoms with Crippen molar-refractivity contribution in [2.75, 3.05) is 11.9 Å². The molecule has 24 heavy (non-hydrogen) atoms. The third-order valence-corrected chi connectivity index (χ3v) is 3.67. The number of esters is 1. The molecule has 1 N–H and O–H groups in total. The number of ether oxygens (including phenoxy) is 1. The SMILES string of the molecule is CCOC(=O)c1ccc(NC(=O)c2ccc3ccccc3c2)cc1. The van der Waals surface area contributed by atoms with Crippen molar-refractivity contribution in [3.63, 3.8) is 0 Å². The highest BCUT2D eigenvalue weighted by molar-refractivity contribution is 6.06. The van der Waals surface area contributed by atoms with Gasteiger partial charge >= 0.3 is 5.97 Å². The molecule has 0 spiro atoms. The number of rotatable bonds is 4. The van der Waals surface area contributed by atoms with Gasteiger partial charge in [0.25, 0.3) is 5.91 Å². The van der Waals surface area contributed by atoms with Crippen LogP contribution in [0, 0.1) is 0 Å². The molecule has 0 unspecified atom stereocenters. The summed E-state index contributed by atoms with van der Waals surface area (Å²) in [5.41, 5.74) is 1.67. The fourth-order valence-electron chi connectivity index (χ4n) is 2.44. The van der Waals surface area contributed by atoms with E-state index < -0.39 is 0 Å². The minimum Gasteiger partial charge on any atom is -0.462 e. The first-order chi connectivity index (χ1) is 11.7. The molecule has 0 aliphatic heterocycles. The van der Waals surface area contributed by atoms with Gasteiger partial charge in [0.2, 0.25) is 0 Å². The second-order valence-corrected chi connectivity index (χ2v) is 5.31. The molecule has 3 rings (SSSR count). The van der Waals surface area contributed by atoms with Crippen LogP contribution in [-0.4, -0.2) is 18.5 Å². The highest BCUT2D eigenvalue weighted by Crippen LogP contribution is 2.17. The molecule has 0 saturated carbocycles. The Bertz CT molecular complexity index is 885. The Labute approximate surface area is 140 Å². The summed E-state index contributed by atoms with van der Waals surface area (Å²) in [6, 6.07) is 20.1. The summed E-state index contributed by atoms with van der Waals surface area (Å²) < 4.78 is 4.93. The number of hydrogen-bond donors (Lipinski definition) is 1. The lowest BCUT2D eigenvalue weighted by Gasteiger charge is -2.07. The molecular weight excluding hydrogens is 302 g/mol. The van der Waals surface area contributed by atoms with Crippen LogP contribution in [0.4, 0.5) is 5.69 Å². The Balaban J connectivity index is 1.74. The van der Waals surface area contributed by atoms with Gasteiger partial charge in [0.15, 0.2) is 0 Å². The zero-order chi connectivity index (χ0) is 16.9. The third kappa shape index (κ3) is 3.43. The monoisotopic (exact) mass is 319 g/mol. The first-order valence-electron chi connectivity index (χ1n) is 7.74. The molecule has 0 aliphatic carbocycles. The molecule has 0 radical (unpaired) electrons. The molecule has 120 valence electrons. The highest BCUT2D eigenvalue weighted by Gasteiger charge is 2.09. The van der Waals surface area contributed by atoms with Gasteiger partial charge in [0.05, 0.1) is 12.2 Å². The van der Waals surface area contributed by atoms with Crippen molar-refractivity contribution < 1.29 is 14.3 Å². The number of benzene rings is 3. The number of fused-ring (bicyclic) bond motifs is 1. The largest absolute Gasteiger partial charge is 0.462 e. The minimum atomic E-state index is -0.370. The maximum absolute atomic E-state index is 12.4. The lowest BCUT2D eigenvalue weighted by Crippen LogP contribution is -2.12. The predicted octanol–water partition coefficient (Wildman–Crippen LogP) is 4.27. The minimum absolute atomic E-state index is 0.190. The summed E-state index contributed by atoms with van der Waals surface area (Å²) in [6.07, 6.45) is 0. The standard InChI is InChI=1S/C20H17NO3/c1-2-24-20(23)15-9-11-18(12-10-15)21-19(22)17-8-7-14-5-3-4-6-16(14)13-17/h3-13H,2H2,1H3,(H,21,22). The van der Waals surface area contributed by atoms with Crippen LogP contribution in [0.15, 0.2) is 66.7 Å². The van der Waals surface area contributed by atoms with Gasteiger partial charge in [-0.25, -0.2) is 4.79 Å². The average molecular weight is 319 g/mol. The van der Waals surface area contributed by atoms with Crippen LogP contribution in [0.25, 0.3) is 10.8 Å². The molecule has 0 bridgehead atoms. The summed E-state index contributed by atoms with van der Waals surface area (Å²) in [5, 5.41) is 4.94. The molecule has 0 saturated heterocycles. The lowest BCUT2D eigenvalue weighted by atomic mass is 10.1. The molecule has 3 aromatic rings. The molecule has 0 aliphatic rings. The maximum atomic E-state index is 12.4. The molecule has 0 heterocycles. The number of hydrogen-bond acceptors (Lipinski definition) is 3. The van der Waals surface area contributed by atoms with Gasteiger partial charge < -0.3 is 10.1 Å². The van der Waals surface area contributed by atoms with Crippen LogP contribution in [0.5, 0.6) is 0 Å². The Kier molecular flexibility index (Phi) is 4.57. The van der Waals surface area contributed by atoms with Gasteiger partial charge in [-0.2, -0.15) is 0 Å². The molecule has 4 heteroatoms. The number of amides is 1. The first-order valence-corrected chi connectivity index (χ1v) is 7.74. The second kappa shape index (κ2) is 6.96. The van der Waals surface area contributed by atoms with Crippen molar-refractivity contribution in [1.29, 1.82) is 0 Å². The first kappa shape index (κ1) is 15.7. The van der Waals surface area contributed by atoms with Gasteiger partial charge in [-0.15, -0.1) is 0 Å². The fourth-order valence-corrected chi connectivity index (χ4v) is 2.44. The zero-order valence-corrected chi connectivity index (χ0v) is 13.3. The van der Waals surface area contributed by atoms with Crippen LogP contribution < -0.4 is 5.32 Å². The quantitative estimate of drug-likeness (QED) is 0.731. The number of anilines is 1. The van der Waals surface area contributed by atoms with Crippen molar-refractivity contribution in [3.8, 4) is 0 Å². The van der Waals surface area contributed by atoms with E-state index >= 15 is 0 Å². The van der Waals surface area contributed by atoms with Gasteiger partial charge in [-0.1, -0.05) is 30.3 Å². The van der Waals surface area contributed by atoms with Crippen LogP contribution in [0.3, 0.4) is 0 Å². The number of carbonyl (C=O) groups excluding carboxylic acids is 2. The normalized spacial score (nSPS) is 10.4. The Hall–Kier alpha value is -3.14. The van der Waals surface area contributed by atoms with E-state index in [0.717, 1.165) is 10.8 Å². The van der Waals surface area contributed by atoms with Crippen LogP contribution in [0.1, 0.15) is 27.6 Å². The number of carbonyl (C=O) groups is 2. The summed E-state index contributed by atoms with van der Waals surface area (Å²) >= 11 is 0. The fraction of sp³-hybridized carbons (Fsp3) is 0.100. The van der Waals surface area contributed by atoms with E-state index in [2.05, 4.69) is 5.32 Å². The van der Waals surface area contributed by atoms with Gasteiger partial charge in [0.1, 0.15) is 0 Å².